The molecule has 0 heterocycles. The Balaban J connectivity index is 0.000000242. The molecule has 0 aliphatic heterocycles. The van der Waals surface area contributed by atoms with Gasteiger partial charge in [-0.3, -0.25) is 19.2 Å². The van der Waals surface area contributed by atoms with Gasteiger partial charge in [0.05, 0.1) is 67.6 Å². The van der Waals surface area contributed by atoms with E-state index in [0.717, 1.165) is 36.9 Å². The predicted octanol–water partition coefficient (Wildman–Crippen LogP) is 15.4. The van der Waals surface area contributed by atoms with Gasteiger partial charge in [0.1, 0.15) is 34.3 Å². The maximum absolute atomic E-state index is 12.3. The van der Waals surface area contributed by atoms with Crippen LogP contribution in [0, 0.1) is 0 Å². The molecule has 582 valence electrons. The lowest BCUT2D eigenvalue weighted by Gasteiger charge is -2.10. The lowest BCUT2D eigenvalue weighted by atomic mass is 10.1. The quantitative estimate of drug-likeness (QED) is 0.0235. The largest absolute Gasteiger partial charge is 0.496 e. The second kappa shape index (κ2) is 47.9. The van der Waals surface area contributed by atoms with E-state index in [-0.39, 0.29) is 39.0 Å². The number of halogens is 6. The van der Waals surface area contributed by atoms with Crippen molar-refractivity contribution in [2.24, 2.45) is 5.73 Å². The van der Waals surface area contributed by atoms with Crippen LogP contribution in [0.3, 0.4) is 0 Å². The number of benzene rings is 10. The molecule has 0 aromatic heterocycles. The highest BCUT2D eigenvalue weighted by Crippen LogP contribution is 2.27. The molecule has 10 aromatic rings. The SMILES string of the molecule is CNS(=O)(=O)c1ccc(CCNC(=O)c2cc(Cl)ccc2OC)cc1.COc1ccc(Cl)cc1C(=O)NCCc1ccc(S(=O)(=O)Cl)cc1.COc1ccc(Cl)cc1C(=O)NCCc1ccccc1.COc1ccc(Cl)cc1C(=O)NCCc1ccccc1.COc1ccc(Cl)cc1C(=O)O.NCCc1ccccc1. The van der Waals surface area contributed by atoms with Crippen molar-refractivity contribution < 1.29 is 69.6 Å². The van der Waals surface area contributed by atoms with Crippen molar-refractivity contribution in [1.82, 2.24) is 26.0 Å². The van der Waals surface area contributed by atoms with Gasteiger partial charge in [-0.05, 0) is 189 Å². The Morgan fingerprint density at radius 2 is 0.582 bits per heavy atom. The van der Waals surface area contributed by atoms with Crippen molar-refractivity contribution in [3.8, 4) is 28.7 Å². The number of sulfonamides is 1. The number of hydrogen-bond donors (Lipinski definition) is 7. The molecule has 4 amide bonds. The summed E-state index contributed by atoms with van der Waals surface area (Å²) in [5, 5.41) is 22.3. The Bertz CT molecular complexity index is 4720. The molecule has 29 heteroatoms. The lowest BCUT2D eigenvalue weighted by Crippen LogP contribution is -2.26. The van der Waals surface area contributed by atoms with Gasteiger partial charge >= 0.3 is 5.97 Å². The highest BCUT2D eigenvalue weighted by atomic mass is 35.7. The Labute approximate surface area is 671 Å². The third kappa shape index (κ3) is 31.6. The van der Waals surface area contributed by atoms with Crippen molar-refractivity contribution in [1.29, 1.82) is 0 Å². The molecule has 0 bridgehead atoms. The number of nitrogens with two attached hydrogens (primary N) is 1. The first-order valence-electron chi connectivity index (χ1n) is 33.6. The molecular formula is C81H84Cl6N6O15S2. The summed E-state index contributed by atoms with van der Waals surface area (Å²) in [7, 11) is 6.90. The number of ether oxygens (including phenoxy) is 5. The van der Waals surface area contributed by atoms with Gasteiger partial charge in [-0.15, -0.1) is 0 Å². The number of carbonyl (C=O) groups is 5. The zero-order valence-corrected chi connectivity index (χ0v) is 67.0. The molecule has 0 saturated heterocycles. The number of methoxy groups -OCH3 is 5. The number of carboxylic acids is 1. The predicted molar refractivity (Wildman–Crippen MR) is 435 cm³/mol. The van der Waals surface area contributed by atoms with Crippen LogP contribution in [0.5, 0.6) is 28.7 Å². The third-order valence-corrected chi connectivity index (χ3v) is 19.5. The van der Waals surface area contributed by atoms with Crippen LogP contribution in [0.4, 0.5) is 0 Å². The number of carbonyl (C=O) groups excluding carboxylic acids is 4. The number of hydrogen-bond acceptors (Lipinski definition) is 15. The molecule has 0 aliphatic rings. The van der Waals surface area contributed by atoms with Crippen LogP contribution in [0.25, 0.3) is 0 Å². The molecule has 110 heavy (non-hydrogen) atoms. The van der Waals surface area contributed by atoms with Crippen molar-refractivity contribution in [3.05, 3.63) is 311 Å². The zero-order valence-electron chi connectivity index (χ0n) is 60.8. The standard InChI is InChI=1S/C17H19ClN2O4S.C16H15Cl2NO4S.2C16H16ClNO2.C8H7ClO3.C8H11N/c1-19-25(22,23)14-6-3-12(4-7-14)9-10-20-17(21)15-11-13(18)5-8-16(15)24-2;1-23-15-7-4-12(17)10-14(15)16(20)19-9-8-11-2-5-13(6-3-11)24(18,21)22;2*1-20-15-8-7-13(17)11-14(15)16(19)18-10-9-12-5-3-2-4-6-12;1-12-7-3-2-5(9)4-6(7)8(10)11;9-7-6-8-4-2-1-3-5-8/h3-8,11,19H,9-10H2,1-2H3,(H,20,21);2-7,10H,8-9H2,1H3,(H,19,20);2*2-8,11H,9-10H2,1H3,(H,18,19);2-4H,1H3,(H,10,11);1-5H,6-7,9H2. The topological polar surface area (TPSA) is 306 Å². The van der Waals surface area contributed by atoms with E-state index in [1.165, 1.54) is 102 Å². The van der Waals surface area contributed by atoms with Crippen molar-refractivity contribution in [3.63, 3.8) is 0 Å². The Morgan fingerprint density at radius 3 is 0.818 bits per heavy atom. The van der Waals surface area contributed by atoms with Crippen LogP contribution in [0.15, 0.2) is 240 Å². The fourth-order valence-corrected chi connectivity index (χ4v) is 12.2. The Morgan fingerprint density at radius 1 is 0.345 bits per heavy atom. The Hall–Kier alpha value is -9.89. The second-order valence-electron chi connectivity index (χ2n) is 23.0. The summed E-state index contributed by atoms with van der Waals surface area (Å²) < 4.78 is 73.4. The molecule has 21 nitrogen and oxygen atoms in total. The summed E-state index contributed by atoms with van der Waals surface area (Å²) in [6.45, 7) is 2.65. The van der Waals surface area contributed by atoms with Gasteiger partial charge in [-0.25, -0.2) is 26.4 Å². The smallest absolute Gasteiger partial charge is 0.339 e. The van der Waals surface area contributed by atoms with E-state index < -0.39 is 25.0 Å². The van der Waals surface area contributed by atoms with Crippen LogP contribution < -0.4 is 55.4 Å². The fourth-order valence-electron chi connectivity index (χ4n) is 9.81. The third-order valence-electron chi connectivity index (χ3n) is 15.5. The molecule has 0 saturated carbocycles. The van der Waals surface area contributed by atoms with Crippen molar-refractivity contribution >= 4 is 117 Å². The van der Waals surface area contributed by atoms with Gasteiger partial charge in [0.15, 0.2) is 0 Å². The van der Waals surface area contributed by atoms with Crippen LogP contribution >= 0.6 is 68.7 Å². The molecule has 0 atom stereocenters. The van der Waals surface area contributed by atoms with E-state index in [4.69, 9.17) is 103 Å². The molecular weight excluding hydrogens is 1570 g/mol. The minimum atomic E-state index is -3.73. The summed E-state index contributed by atoms with van der Waals surface area (Å²) in [5.74, 6) is 0.250. The average Bonchev–Trinajstić information content (AvgIpc) is 0.902. The first-order valence-corrected chi connectivity index (χ1v) is 39.3. The minimum absolute atomic E-state index is 0.0422. The molecule has 10 rings (SSSR count). The fraction of sp³-hybridized carbons (Fsp3) is 0.198. The molecule has 8 N–H and O–H groups in total. The maximum Gasteiger partial charge on any atom is 0.339 e. The molecule has 0 unspecified atom stereocenters. The van der Waals surface area contributed by atoms with Crippen molar-refractivity contribution in [2.45, 2.75) is 41.9 Å². The summed E-state index contributed by atoms with van der Waals surface area (Å²) >= 11 is 29.2. The van der Waals surface area contributed by atoms with E-state index >= 15 is 0 Å². The van der Waals surface area contributed by atoms with Gasteiger partial charge in [-0.2, -0.15) is 0 Å². The first-order chi connectivity index (χ1) is 52.7. The second-order valence-corrected chi connectivity index (χ2v) is 29.6. The van der Waals surface area contributed by atoms with Crippen molar-refractivity contribution in [2.75, 3.05) is 75.3 Å². The monoisotopic (exact) mass is 1650 g/mol. The molecule has 10 aromatic carbocycles. The molecule has 0 radical (unpaired) electrons. The maximum atomic E-state index is 12.3. The first kappa shape index (κ1) is 90.7. The zero-order chi connectivity index (χ0) is 80.6. The molecule has 0 aliphatic carbocycles. The summed E-state index contributed by atoms with van der Waals surface area (Å²) in [6, 6.07) is 67.0. The normalized spacial score (nSPS) is 10.4. The van der Waals surface area contributed by atoms with E-state index in [0.29, 0.717) is 115 Å². The molecule has 0 fully saturated rings. The number of amides is 4. The van der Waals surface area contributed by atoms with Crippen LogP contribution in [-0.2, 0) is 51.2 Å². The number of carboxylic acid groups (broad SMARTS) is 1. The van der Waals surface area contributed by atoms with Crippen LogP contribution in [0.1, 0.15) is 79.6 Å². The van der Waals surface area contributed by atoms with E-state index in [2.05, 4.69) is 38.1 Å². The number of aromatic carboxylic acids is 1. The van der Waals surface area contributed by atoms with E-state index in [9.17, 15) is 40.8 Å². The number of rotatable bonds is 27. The highest BCUT2D eigenvalue weighted by Gasteiger charge is 2.18. The Kier molecular flexibility index (Phi) is 39.5. The van der Waals surface area contributed by atoms with E-state index in [1.54, 1.807) is 97.1 Å². The van der Waals surface area contributed by atoms with Gasteiger partial charge < -0.3 is 55.8 Å². The molecule has 0 spiro atoms. The summed E-state index contributed by atoms with van der Waals surface area (Å²) in [4.78, 5) is 59.5. The highest BCUT2D eigenvalue weighted by molar-refractivity contribution is 8.13. The average molecular weight is 1660 g/mol. The van der Waals surface area contributed by atoms with Gasteiger partial charge in [0, 0.05) is 62.0 Å². The van der Waals surface area contributed by atoms with Crippen LogP contribution in [-0.4, -0.2) is 127 Å². The van der Waals surface area contributed by atoms with Crippen LogP contribution in [0.2, 0.25) is 25.1 Å². The van der Waals surface area contributed by atoms with Gasteiger partial charge in [0.25, 0.3) is 32.7 Å². The summed E-state index contributed by atoms with van der Waals surface area (Å²) in [5.41, 5.74) is 12.5. The lowest BCUT2D eigenvalue weighted by molar-refractivity contribution is 0.0692. The van der Waals surface area contributed by atoms with Gasteiger partial charge in [-0.1, -0.05) is 173 Å². The van der Waals surface area contributed by atoms with E-state index in [1.807, 2.05) is 78.9 Å². The number of nitrogens with one attached hydrogen (secondary N) is 5. The minimum Gasteiger partial charge on any atom is -0.496 e. The van der Waals surface area contributed by atoms with Gasteiger partial charge in [0.2, 0.25) is 10.0 Å². The summed E-state index contributed by atoms with van der Waals surface area (Å²) in [6.07, 6.45) is 3.66.